The molecule has 0 spiro atoms. The van der Waals surface area contributed by atoms with E-state index >= 15 is 0 Å². The Morgan fingerprint density at radius 1 is 1.03 bits per heavy atom. The van der Waals surface area contributed by atoms with Crippen LogP contribution in [-0.4, -0.2) is 53.6 Å². The number of aromatic nitrogens is 2. The third kappa shape index (κ3) is 6.09. The van der Waals surface area contributed by atoms with Gasteiger partial charge in [-0.15, -0.1) is 0 Å². The van der Waals surface area contributed by atoms with Crippen molar-refractivity contribution in [1.82, 2.24) is 14.3 Å². The molecule has 9 heteroatoms. The lowest BCUT2D eigenvalue weighted by atomic mass is 10.3. The molecule has 2 heterocycles. The van der Waals surface area contributed by atoms with Crippen molar-refractivity contribution in [1.29, 1.82) is 0 Å². The van der Waals surface area contributed by atoms with Crippen LogP contribution in [0.1, 0.15) is 5.69 Å². The first-order valence-electron chi connectivity index (χ1n) is 10.6. The fraction of sp³-hybridized carbons (Fsp3) is 0.304. The second-order valence-corrected chi connectivity index (χ2v) is 8.61. The minimum Gasteiger partial charge on any atom is -0.492 e. The van der Waals surface area contributed by atoms with Crippen LogP contribution in [0, 0.1) is 12.7 Å². The number of hydrogen-bond donors (Lipinski definition) is 2. The molecule has 1 saturated heterocycles. The highest BCUT2D eigenvalue weighted by Gasteiger charge is 2.20. The summed E-state index contributed by atoms with van der Waals surface area (Å²) in [5.74, 6) is 1.99. The van der Waals surface area contributed by atoms with Crippen LogP contribution in [0.3, 0.4) is 0 Å². The number of piperazine rings is 1. The van der Waals surface area contributed by atoms with Crippen LogP contribution in [0.25, 0.3) is 0 Å². The van der Waals surface area contributed by atoms with Gasteiger partial charge in [-0.25, -0.2) is 13.7 Å². The summed E-state index contributed by atoms with van der Waals surface area (Å²) in [5.41, 5.74) is 7.15. The molecule has 0 radical (unpaired) electrons. The molecule has 0 saturated carbocycles. The molecule has 32 heavy (non-hydrogen) atoms. The Bertz CT molecular complexity index is 1010. The van der Waals surface area contributed by atoms with Gasteiger partial charge in [-0.05, 0) is 67.4 Å². The lowest BCUT2D eigenvalue weighted by Crippen LogP contribution is -2.44. The molecule has 4 rings (SSSR count). The molecule has 0 unspecified atom stereocenters. The number of aryl methyl sites for hydroxylation is 1. The maximum atomic E-state index is 13.2. The summed E-state index contributed by atoms with van der Waals surface area (Å²) in [4.78, 5) is 12.7. The number of halogens is 1. The Morgan fingerprint density at radius 3 is 2.44 bits per heavy atom. The molecule has 3 N–H and O–H groups in total. The Balaban J connectivity index is 1.33. The molecular formula is C23H27FN6OS. The third-order valence-electron chi connectivity index (χ3n) is 4.93. The first kappa shape index (κ1) is 22.3. The number of nitrogens with zero attached hydrogens (tertiary/aromatic N) is 4. The number of ether oxygens (including phenoxy) is 1. The fourth-order valence-electron chi connectivity index (χ4n) is 3.34. The summed E-state index contributed by atoms with van der Waals surface area (Å²) in [5, 5.41) is 3.23. The van der Waals surface area contributed by atoms with E-state index in [0.29, 0.717) is 24.9 Å². The number of rotatable bonds is 8. The summed E-state index contributed by atoms with van der Waals surface area (Å²) in [6, 6.07) is 16.2. The zero-order valence-corrected chi connectivity index (χ0v) is 18.8. The maximum Gasteiger partial charge on any atom is 0.227 e. The zero-order chi connectivity index (χ0) is 22.3. The van der Waals surface area contributed by atoms with Gasteiger partial charge in [0.05, 0.1) is 0 Å². The van der Waals surface area contributed by atoms with Crippen molar-refractivity contribution in [3.8, 4) is 5.75 Å². The van der Waals surface area contributed by atoms with E-state index in [4.69, 9.17) is 10.5 Å². The number of nitrogens with one attached hydrogen (secondary N) is 1. The molecule has 1 aliphatic heterocycles. The van der Waals surface area contributed by atoms with E-state index in [1.807, 2.05) is 25.1 Å². The number of hydrogen-bond acceptors (Lipinski definition) is 8. The monoisotopic (exact) mass is 454 g/mol. The molecule has 0 amide bonds. The average Bonchev–Trinajstić information content (AvgIpc) is 2.80. The van der Waals surface area contributed by atoms with Crippen LogP contribution >= 0.6 is 11.9 Å². The molecule has 168 valence electrons. The van der Waals surface area contributed by atoms with E-state index in [9.17, 15) is 4.39 Å². The van der Waals surface area contributed by atoms with Gasteiger partial charge in [-0.2, -0.15) is 4.98 Å². The van der Waals surface area contributed by atoms with Gasteiger partial charge in [0.2, 0.25) is 5.95 Å². The molecule has 2 aromatic carbocycles. The predicted molar refractivity (Wildman–Crippen MR) is 127 cm³/mol. The second-order valence-electron chi connectivity index (χ2n) is 7.44. The van der Waals surface area contributed by atoms with Gasteiger partial charge in [0.15, 0.2) is 0 Å². The largest absolute Gasteiger partial charge is 0.492 e. The van der Waals surface area contributed by atoms with Gasteiger partial charge in [0, 0.05) is 55.1 Å². The summed E-state index contributed by atoms with van der Waals surface area (Å²) < 4.78 is 21.0. The van der Waals surface area contributed by atoms with Crippen LogP contribution in [0.4, 0.5) is 21.8 Å². The van der Waals surface area contributed by atoms with Gasteiger partial charge in [0.25, 0.3) is 0 Å². The van der Waals surface area contributed by atoms with Gasteiger partial charge in [-0.1, -0.05) is 0 Å². The van der Waals surface area contributed by atoms with Gasteiger partial charge in [-0.3, -0.25) is 0 Å². The molecule has 1 aromatic heterocycles. The van der Waals surface area contributed by atoms with Gasteiger partial charge >= 0.3 is 0 Å². The summed E-state index contributed by atoms with van der Waals surface area (Å²) in [7, 11) is 0. The second kappa shape index (κ2) is 10.6. The SMILES string of the molecule is Cc1cc(Nc2ccc(F)cc2)nc(N2CCN(Sc3ccc(OCCN)cc3)CC2)n1. The van der Waals surface area contributed by atoms with Crippen LogP contribution in [0.2, 0.25) is 0 Å². The van der Waals surface area contributed by atoms with Crippen LogP contribution in [0.15, 0.2) is 59.5 Å². The Labute approximate surface area is 191 Å². The van der Waals surface area contributed by atoms with E-state index < -0.39 is 0 Å². The Hall–Kier alpha value is -2.88. The zero-order valence-electron chi connectivity index (χ0n) is 18.0. The standard InChI is InChI=1S/C23H27FN6OS/c1-17-16-22(27-19-4-2-18(24)3-5-19)28-23(26-17)29-11-13-30(14-12-29)32-21-8-6-20(7-9-21)31-15-10-25/h2-9,16H,10-15,25H2,1H3,(H,26,27,28). The molecule has 0 aliphatic carbocycles. The Morgan fingerprint density at radius 2 is 1.75 bits per heavy atom. The Kier molecular flexibility index (Phi) is 7.41. The van der Waals surface area contributed by atoms with Crippen molar-refractivity contribution < 1.29 is 9.13 Å². The molecule has 1 aliphatic rings. The first-order valence-corrected chi connectivity index (χ1v) is 11.4. The topological polar surface area (TPSA) is 79.5 Å². The smallest absolute Gasteiger partial charge is 0.227 e. The number of nitrogens with two attached hydrogens (primary N) is 1. The fourth-order valence-corrected chi connectivity index (χ4v) is 4.24. The maximum absolute atomic E-state index is 13.2. The highest BCUT2D eigenvalue weighted by Crippen LogP contribution is 2.27. The summed E-state index contributed by atoms with van der Waals surface area (Å²) in [6.45, 7) is 6.45. The lowest BCUT2D eigenvalue weighted by Gasteiger charge is -2.34. The van der Waals surface area contributed by atoms with Crippen molar-refractivity contribution in [3.05, 3.63) is 66.1 Å². The van der Waals surface area contributed by atoms with Crippen molar-refractivity contribution in [2.24, 2.45) is 5.73 Å². The molecule has 7 nitrogen and oxygen atoms in total. The average molecular weight is 455 g/mol. The molecule has 0 atom stereocenters. The quantitative estimate of drug-likeness (QED) is 0.497. The molecular weight excluding hydrogens is 427 g/mol. The van der Waals surface area contributed by atoms with E-state index in [1.54, 1.807) is 24.1 Å². The van der Waals surface area contributed by atoms with Gasteiger partial charge in [0.1, 0.15) is 24.0 Å². The highest BCUT2D eigenvalue weighted by atomic mass is 32.2. The molecule has 1 fully saturated rings. The highest BCUT2D eigenvalue weighted by molar-refractivity contribution is 7.97. The number of benzene rings is 2. The molecule has 3 aromatic rings. The van der Waals surface area contributed by atoms with E-state index in [1.165, 1.54) is 17.0 Å². The van der Waals surface area contributed by atoms with E-state index in [0.717, 1.165) is 43.3 Å². The van der Waals surface area contributed by atoms with Crippen molar-refractivity contribution >= 4 is 29.4 Å². The first-order chi connectivity index (χ1) is 15.6. The summed E-state index contributed by atoms with van der Waals surface area (Å²) >= 11 is 1.75. The van der Waals surface area contributed by atoms with E-state index in [2.05, 4.69) is 36.6 Å². The number of anilines is 3. The minimum atomic E-state index is -0.262. The van der Waals surface area contributed by atoms with Crippen molar-refractivity contribution in [3.63, 3.8) is 0 Å². The molecule has 0 bridgehead atoms. The van der Waals surface area contributed by atoms with E-state index in [-0.39, 0.29) is 5.82 Å². The van der Waals surface area contributed by atoms with Crippen molar-refractivity contribution in [2.45, 2.75) is 11.8 Å². The van der Waals surface area contributed by atoms with Gasteiger partial charge < -0.3 is 20.7 Å². The lowest BCUT2D eigenvalue weighted by molar-refractivity contribution is 0.328. The van der Waals surface area contributed by atoms with Crippen molar-refractivity contribution in [2.75, 3.05) is 49.5 Å². The van der Waals surface area contributed by atoms with Crippen LogP contribution in [-0.2, 0) is 0 Å². The van der Waals surface area contributed by atoms with Crippen LogP contribution in [0.5, 0.6) is 5.75 Å². The normalized spacial score (nSPS) is 14.4. The van der Waals surface area contributed by atoms with Crippen LogP contribution < -0.4 is 20.7 Å². The third-order valence-corrected chi connectivity index (χ3v) is 6.03. The predicted octanol–water partition coefficient (Wildman–Crippen LogP) is 3.83. The minimum absolute atomic E-state index is 0.262. The summed E-state index contributed by atoms with van der Waals surface area (Å²) in [6.07, 6.45) is 0.